The van der Waals surface area contributed by atoms with Crippen LogP contribution < -0.4 is 5.73 Å². The number of amides is 1. The Morgan fingerprint density at radius 2 is 2.33 bits per heavy atom. The summed E-state index contributed by atoms with van der Waals surface area (Å²) in [5, 5.41) is 11.7. The first-order chi connectivity index (χ1) is 7.15. The van der Waals surface area contributed by atoms with Crippen molar-refractivity contribution in [2.24, 2.45) is 5.73 Å². The molecule has 1 heterocycles. The maximum Gasteiger partial charge on any atom is 0.232 e. The molecule has 0 saturated heterocycles. The van der Waals surface area contributed by atoms with Crippen LogP contribution in [0.4, 0.5) is 0 Å². The van der Waals surface area contributed by atoms with Crippen LogP contribution in [-0.2, 0) is 11.3 Å². The molecule has 1 rings (SSSR count). The molecule has 0 aliphatic heterocycles. The average molecular weight is 230 g/mol. The quantitative estimate of drug-likeness (QED) is 0.640. The van der Waals surface area contributed by atoms with E-state index in [1.165, 1.54) is 16.7 Å². The van der Waals surface area contributed by atoms with Gasteiger partial charge in [-0.2, -0.15) is 0 Å². The first-order valence-electron chi connectivity index (χ1n) is 4.44. The molecule has 1 aromatic heterocycles. The van der Waals surface area contributed by atoms with Crippen LogP contribution in [0.15, 0.2) is 5.16 Å². The first kappa shape index (κ1) is 11.9. The molecule has 1 amide bonds. The van der Waals surface area contributed by atoms with Gasteiger partial charge in [0.25, 0.3) is 0 Å². The van der Waals surface area contributed by atoms with Gasteiger partial charge in [-0.1, -0.05) is 11.8 Å². The van der Waals surface area contributed by atoms with Gasteiger partial charge in [0.1, 0.15) is 0 Å². The summed E-state index contributed by atoms with van der Waals surface area (Å²) >= 11 is 1.31. The van der Waals surface area contributed by atoms with E-state index in [-0.39, 0.29) is 5.91 Å². The van der Waals surface area contributed by atoms with Gasteiger partial charge in [0, 0.05) is 20.6 Å². The Hall–Kier alpha value is -1.15. The van der Waals surface area contributed by atoms with E-state index in [1.807, 2.05) is 0 Å². The number of rotatable bonds is 5. The molecular formula is C7H14N6OS. The highest BCUT2D eigenvalue weighted by Crippen LogP contribution is 2.13. The maximum atomic E-state index is 11.3. The Kier molecular flexibility index (Phi) is 4.50. The summed E-state index contributed by atoms with van der Waals surface area (Å²) in [5.74, 6) is 0.361. The van der Waals surface area contributed by atoms with Crippen molar-refractivity contribution in [1.29, 1.82) is 0 Å². The molecule has 2 N–H and O–H groups in total. The lowest BCUT2D eigenvalue weighted by molar-refractivity contribution is -0.125. The Morgan fingerprint density at radius 1 is 1.60 bits per heavy atom. The van der Waals surface area contributed by atoms with Gasteiger partial charge in [-0.15, -0.1) is 5.10 Å². The van der Waals surface area contributed by atoms with Crippen molar-refractivity contribution in [2.75, 3.05) is 26.4 Å². The van der Waals surface area contributed by atoms with Gasteiger partial charge in [0.15, 0.2) is 0 Å². The number of carbonyl (C=O) groups excluding carboxylic acids is 1. The molecule has 0 aliphatic rings. The number of carbonyl (C=O) groups is 1. The third kappa shape index (κ3) is 3.48. The van der Waals surface area contributed by atoms with E-state index in [9.17, 15) is 4.79 Å². The summed E-state index contributed by atoms with van der Waals surface area (Å²) < 4.78 is 1.59. The fraction of sp³-hybridized carbons (Fsp3) is 0.714. The third-order valence-corrected chi connectivity index (χ3v) is 2.61. The van der Waals surface area contributed by atoms with E-state index in [0.29, 0.717) is 24.0 Å². The molecule has 15 heavy (non-hydrogen) atoms. The van der Waals surface area contributed by atoms with Crippen molar-refractivity contribution in [3.63, 3.8) is 0 Å². The molecule has 0 aliphatic carbocycles. The number of nitrogens with zero attached hydrogens (tertiary/aromatic N) is 5. The number of thioether (sulfide) groups is 1. The normalized spacial score (nSPS) is 10.3. The van der Waals surface area contributed by atoms with Gasteiger partial charge in [0.2, 0.25) is 11.1 Å². The standard InChI is InChI=1S/C7H14N6OS/c1-12(2)6(14)5-15-7-9-10-11-13(7)4-3-8/h3-5,8H2,1-2H3. The van der Waals surface area contributed by atoms with Crippen molar-refractivity contribution in [3.8, 4) is 0 Å². The van der Waals surface area contributed by atoms with E-state index in [4.69, 9.17) is 5.73 Å². The van der Waals surface area contributed by atoms with E-state index in [2.05, 4.69) is 15.5 Å². The lowest BCUT2D eigenvalue weighted by Crippen LogP contribution is -2.23. The number of nitrogens with two attached hydrogens (primary N) is 1. The molecule has 0 spiro atoms. The number of hydrogen-bond donors (Lipinski definition) is 1. The van der Waals surface area contributed by atoms with Crippen molar-refractivity contribution >= 4 is 17.7 Å². The predicted molar refractivity (Wildman–Crippen MR) is 56.3 cm³/mol. The van der Waals surface area contributed by atoms with Gasteiger partial charge in [-0.3, -0.25) is 4.79 Å². The second kappa shape index (κ2) is 5.66. The van der Waals surface area contributed by atoms with Crippen LogP contribution >= 0.6 is 11.8 Å². The lowest BCUT2D eigenvalue weighted by Gasteiger charge is -2.08. The number of aromatic nitrogens is 4. The SMILES string of the molecule is CN(C)C(=O)CSc1nnnn1CCN. The first-order valence-corrected chi connectivity index (χ1v) is 5.43. The Morgan fingerprint density at radius 3 is 2.93 bits per heavy atom. The maximum absolute atomic E-state index is 11.3. The van der Waals surface area contributed by atoms with Gasteiger partial charge in [-0.05, 0) is 10.4 Å². The summed E-state index contributed by atoms with van der Waals surface area (Å²) in [4.78, 5) is 12.8. The summed E-state index contributed by atoms with van der Waals surface area (Å²) in [6.45, 7) is 1.03. The van der Waals surface area contributed by atoms with Crippen LogP contribution in [-0.4, -0.2) is 57.4 Å². The van der Waals surface area contributed by atoms with Crippen LogP contribution in [0.2, 0.25) is 0 Å². The number of hydrogen-bond acceptors (Lipinski definition) is 6. The van der Waals surface area contributed by atoms with E-state index < -0.39 is 0 Å². The molecule has 8 heteroatoms. The molecule has 0 aromatic carbocycles. The summed E-state index contributed by atoms with van der Waals surface area (Å²) in [7, 11) is 3.43. The number of tetrazole rings is 1. The van der Waals surface area contributed by atoms with E-state index >= 15 is 0 Å². The van der Waals surface area contributed by atoms with Crippen LogP contribution in [0.25, 0.3) is 0 Å². The van der Waals surface area contributed by atoms with Crippen LogP contribution in [0.3, 0.4) is 0 Å². The highest BCUT2D eigenvalue weighted by Gasteiger charge is 2.10. The zero-order valence-corrected chi connectivity index (χ0v) is 9.57. The summed E-state index contributed by atoms with van der Waals surface area (Å²) in [6.07, 6.45) is 0. The molecule has 7 nitrogen and oxygen atoms in total. The summed E-state index contributed by atoms with van der Waals surface area (Å²) in [6, 6.07) is 0. The van der Waals surface area contributed by atoms with Crippen molar-refractivity contribution in [1.82, 2.24) is 25.1 Å². The van der Waals surface area contributed by atoms with E-state index in [0.717, 1.165) is 0 Å². The molecule has 0 atom stereocenters. The van der Waals surface area contributed by atoms with Crippen molar-refractivity contribution in [2.45, 2.75) is 11.7 Å². The topological polar surface area (TPSA) is 89.9 Å². The molecule has 0 saturated carbocycles. The Bertz CT molecular complexity index is 325. The van der Waals surface area contributed by atoms with Crippen molar-refractivity contribution in [3.05, 3.63) is 0 Å². The van der Waals surface area contributed by atoms with Crippen molar-refractivity contribution < 1.29 is 4.79 Å². The lowest BCUT2D eigenvalue weighted by atomic mass is 10.6. The minimum Gasteiger partial charge on any atom is -0.348 e. The largest absolute Gasteiger partial charge is 0.348 e. The Balaban J connectivity index is 2.50. The average Bonchev–Trinajstić information content (AvgIpc) is 2.62. The van der Waals surface area contributed by atoms with Crippen LogP contribution in [0.5, 0.6) is 0 Å². The van der Waals surface area contributed by atoms with Crippen LogP contribution in [0.1, 0.15) is 0 Å². The second-order valence-electron chi connectivity index (χ2n) is 3.05. The molecular weight excluding hydrogens is 216 g/mol. The van der Waals surface area contributed by atoms with Gasteiger partial charge in [-0.25, -0.2) is 4.68 Å². The van der Waals surface area contributed by atoms with Gasteiger partial charge < -0.3 is 10.6 Å². The molecule has 1 aromatic rings. The van der Waals surface area contributed by atoms with Gasteiger partial charge in [0.05, 0.1) is 12.3 Å². The summed E-state index contributed by atoms with van der Waals surface area (Å²) in [5.41, 5.74) is 5.39. The fourth-order valence-corrected chi connectivity index (χ4v) is 1.70. The minimum absolute atomic E-state index is 0.0299. The van der Waals surface area contributed by atoms with E-state index in [1.54, 1.807) is 18.8 Å². The monoisotopic (exact) mass is 230 g/mol. The minimum atomic E-state index is 0.0299. The Labute approximate surface area is 92.0 Å². The molecule has 0 unspecified atom stereocenters. The highest BCUT2D eigenvalue weighted by atomic mass is 32.2. The molecule has 0 radical (unpaired) electrons. The second-order valence-corrected chi connectivity index (χ2v) is 3.99. The highest BCUT2D eigenvalue weighted by molar-refractivity contribution is 7.99. The molecule has 84 valence electrons. The smallest absolute Gasteiger partial charge is 0.232 e. The van der Waals surface area contributed by atoms with Crippen LogP contribution in [0, 0.1) is 0 Å². The van der Waals surface area contributed by atoms with Gasteiger partial charge >= 0.3 is 0 Å². The zero-order chi connectivity index (χ0) is 11.3. The predicted octanol–water partition coefficient (Wildman–Crippen LogP) is -1.19. The fourth-order valence-electron chi connectivity index (χ4n) is 0.818. The molecule has 0 fully saturated rings. The zero-order valence-electron chi connectivity index (χ0n) is 8.75. The molecule has 0 bridgehead atoms. The third-order valence-electron chi connectivity index (χ3n) is 1.66.